The van der Waals surface area contributed by atoms with Gasteiger partial charge in [-0.1, -0.05) is 124 Å². The highest BCUT2D eigenvalue weighted by atomic mass is 16.7. The van der Waals surface area contributed by atoms with Crippen LogP contribution in [0.25, 0.3) is 0 Å². The molecule has 0 bridgehead atoms. The van der Waals surface area contributed by atoms with Gasteiger partial charge in [-0.15, -0.1) is 0 Å². The maximum atomic E-state index is 11.1. The van der Waals surface area contributed by atoms with Crippen molar-refractivity contribution in [2.24, 2.45) is 0 Å². The predicted octanol–water partition coefficient (Wildman–Crippen LogP) is 11.0. The van der Waals surface area contributed by atoms with Gasteiger partial charge in [0.1, 0.15) is 11.5 Å². The van der Waals surface area contributed by atoms with Crippen molar-refractivity contribution in [2.45, 2.75) is 89.5 Å². The lowest BCUT2D eigenvalue weighted by molar-refractivity contribution is 0.120. The number of carbonyl (C=O) groups excluding carboxylic acids is 2. The van der Waals surface area contributed by atoms with Gasteiger partial charge in [0.25, 0.3) is 0 Å². The quantitative estimate of drug-likeness (QED) is 0.229. The van der Waals surface area contributed by atoms with Crippen LogP contribution in [0.3, 0.4) is 0 Å². The molecule has 0 spiro atoms. The fourth-order valence-corrected chi connectivity index (χ4v) is 3.03. The lowest BCUT2D eigenvalue weighted by Gasteiger charge is -2.26. The molecule has 0 unspecified atom stereocenters. The topological polar surface area (TPSA) is 71.1 Å². The average molecular weight is 573 g/mol. The predicted molar refractivity (Wildman–Crippen MR) is 174 cm³/mol. The summed E-state index contributed by atoms with van der Waals surface area (Å²) in [4.78, 5) is 21.7. The van der Waals surface area contributed by atoms with Gasteiger partial charge in [0.15, 0.2) is 0 Å². The van der Waals surface area contributed by atoms with Crippen LogP contribution in [0.2, 0.25) is 0 Å². The molecule has 0 aromatic heterocycles. The second kappa shape index (κ2) is 25.2. The van der Waals surface area contributed by atoms with Gasteiger partial charge in [0.2, 0.25) is 0 Å². The van der Waals surface area contributed by atoms with Crippen LogP contribution in [0, 0.1) is 13.8 Å². The fourth-order valence-electron chi connectivity index (χ4n) is 3.03. The van der Waals surface area contributed by atoms with Gasteiger partial charge >= 0.3 is 12.3 Å². The monoisotopic (exact) mass is 572 g/mol. The maximum Gasteiger partial charge on any atom is 0.513 e. The molecule has 0 aliphatic heterocycles. The maximum absolute atomic E-state index is 11.1. The fraction of sp³-hybridized carbons (Fsp3) is 0.429. The smallest absolute Gasteiger partial charge is 0.437 e. The van der Waals surface area contributed by atoms with E-state index in [0.717, 1.165) is 11.1 Å². The molecule has 232 valence electrons. The summed E-state index contributed by atoms with van der Waals surface area (Å²) in [6.07, 6.45) is -1.40. The third-order valence-corrected chi connectivity index (χ3v) is 5.07. The number of methoxy groups -OCH3 is 2. The summed E-state index contributed by atoms with van der Waals surface area (Å²) < 4.78 is 18.6. The van der Waals surface area contributed by atoms with Crippen LogP contribution in [-0.4, -0.2) is 26.5 Å². The third-order valence-electron chi connectivity index (χ3n) is 5.07. The summed E-state index contributed by atoms with van der Waals surface area (Å²) in [6.45, 7) is 20.3. The SMILES string of the molecule is C.C.CC.CC.CC.COC(=O)Oc1ccc(C(C)(C)c2ccc(C)cc2)cc1.COC(=O)Oc1cccc(C)c1. The molecule has 41 heavy (non-hydrogen) atoms. The van der Waals surface area contributed by atoms with Crippen molar-refractivity contribution in [3.63, 3.8) is 0 Å². The van der Waals surface area contributed by atoms with Gasteiger partial charge in [-0.2, -0.15) is 0 Å². The number of rotatable bonds is 4. The van der Waals surface area contributed by atoms with E-state index in [-0.39, 0.29) is 20.3 Å². The Morgan fingerprint density at radius 2 is 0.951 bits per heavy atom. The minimum atomic E-state index is -0.708. The highest BCUT2D eigenvalue weighted by Gasteiger charge is 2.23. The first-order valence-electron chi connectivity index (χ1n) is 13.4. The second-order valence-corrected chi connectivity index (χ2v) is 7.94. The van der Waals surface area contributed by atoms with E-state index < -0.39 is 12.3 Å². The Labute approximate surface area is 251 Å². The molecule has 0 heterocycles. The summed E-state index contributed by atoms with van der Waals surface area (Å²) in [5.41, 5.74) is 4.57. The van der Waals surface area contributed by atoms with Gasteiger partial charge in [0, 0.05) is 5.41 Å². The molecule has 3 rings (SSSR count). The lowest BCUT2D eigenvalue weighted by Crippen LogP contribution is -2.18. The van der Waals surface area contributed by atoms with Gasteiger partial charge < -0.3 is 18.9 Å². The Hall–Kier alpha value is -3.80. The number of benzene rings is 3. The van der Waals surface area contributed by atoms with Gasteiger partial charge in [0.05, 0.1) is 14.2 Å². The van der Waals surface area contributed by atoms with Crippen molar-refractivity contribution in [3.05, 3.63) is 95.1 Å². The zero-order valence-electron chi connectivity index (χ0n) is 25.9. The van der Waals surface area contributed by atoms with Crippen molar-refractivity contribution in [2.75, 3.05) is 14.2 Å². The van der Waals surface area contributed by atoms with E-state index in [2.05, 4.69) is 54.5 Å². The molecular weight excluding hydrogens is 516 g/mol. The Balaban J connectivity index is -0.000000294. The summed E-state index contributed by atoms with van der Waals surface area (Å²) in [7, 11) is 2.56. The normalized spacial score (nSPS) is 8.78. The first kappa shape index (κ1) is 44.2. The van der Waals surface area contributed by atoms with Crippen LogP contribution in [0.5, 0.6) is 11.5 Å². The highest BCUT2D eigenvalue weighted by Crippen LogP contribution is 2.32. The molecule has 0 amide bonds. The zero-order valence-corrected chi connectivity index (χ0v) is 25.9. The van der Waals surface area contributed by atoms with Gasteiger partial charge in [-0.3, -0.25) is 0 Å². The van der Waals surface area contributed by atoms with Crippen molar-refractivity contribution < 1.29 is 28.5 Å². The Bertz CT molecular complexity index is 1050. The number of ether oxygens (including phenoxy) is 4. The standard InChI is InChI=1S/C18H20O3.C9H10O3.3C2H6.2CH4/c1-13-5-7-14(8-6-13)18(2,3)15-9-11-16(12-10-15)21-17(19)20-4;1-7-4-3-5-8(6-7)12-9(10)11-2;3*1-2;;/h5-12H,1-4H3;3-6H,1-2H3;3*1-2H3;2*1H4. The van der Waals surface area contributed by atoms with Crippen LogP contribution in [0.1, 0.15) is 92.5 Å². The minimum Gasteiger partial charge on any atom is -0.437 e. The van der Waals surface area contributed by atoms with Gasteiger partial charge in [-0.05, 0) is 54.8 Å². The molecule has 0 aliphatic carbocycles. The van der Waals surface area contributed by atoms with Crippen molar-refractivity contribution in [1.29, 1.82) is 0 Å². The molecule has 0 atom stereocenters. The molecule has 3 aromatic carbocycles. The molecular formula is C35H56O6. The minimum absolute atomic E-state index is 0. The molecule has 0 aliphatic rings. The number of hydrogen-bond acceptors (Lipinski definition) is 6. The largest absolute Gasteiger partial charge is 0.513 e. The Kier molecular flexibility index (Phi) is 27.2. The van der Waals surface area contributed by atoms with E-state index in [4.69, 9.17) is 9.47 Å². The number of hydrogen-bond donors (Lipinski definition) is 0. The molecule has 0 fully saturated rings. The van der Waals surface area contributed by atoms with Crippen LogP contribution < -0.4 is 9.47 Å². The van der Waals surface area contributed by atoms with Crippen molar-refractivity contribution in [3.8, 4) is 11.5 Å². The van der Waals surface area contributed by atoms with E-state index in [9.17, 15) is 9.59 Å². The Morgan fingerprint density at radius 1 is 0.561 bits per heavy atom. The first-order valence-corrected chi connectivity index (χ1v) is 13.4. The molecule has 0 saturated carbocycles. The van der Waals surface area contributed by atoms with Crippen LogP contribution in [0.15, 0.2) is 72.8 Å². The second-order valence-electron chi connectivity index (χ2n) is 7.94. The van der Waals surface area contributed by atoms with E-state index in [1.807, 2.05) is 72.7 Å². The molecule has 0 saturated heterocycles. The van der Waals surface area contributed by atoms with Gasteiger partial charge in [-0.25, -0.2) is 9.59 Å². The summed E-state index contributed by atoms with van der Waals surface area (Å²) >= 11 is 0. The highest BCUT2D eigenvalue weighted by molar-refractivity contribution is 5.64. The first-order chi connectivity index (χ1) is 18.6. The summed E-state index contributed by atoms with van der Waals surface area (Å²) in [6, 6.07) is 23.2. The molecule has 0 N–H and O–H groups in total. The van der Waals surface area contributed by atoms with Crippen LogP contribution in [0.4, 0.5) is 9.59 Å². The molecule has 6 nitrogen and oxygen atoms in total. The van der Waals surface area contributed by atoms with E-state index >= 15 is 0 Å². The lowest BCUT2D eigenvalue weighted by atomic mass is 9.78. The Morgan fingerprint density at radius 3 is 1.34 bits per heavy atom. The number of aryl methyl sites for hydroxylation is 2. The van der Waals surface area contributed by atoms with Crippen LogP contribution in [-0.2, 0) is 14.9 Å². The number of carbonyl (C=O) groups is 2. The summed E-state index contributed by atoms with van der Waals surface area (Å²) in [5.74, 6) is 0.979. The van der Waals surface area contributed by atoms with Crippen LogP contribution >= 0.6 is 0 Å². The van der Waals surface area contributed by atoms with E-state index in [1.165, 1.54) is 25.3 Å². The van der Waals surface area contributed by atoms with E-state index in [1.54, 1.807) is 24.3 Å². The average Bonchev–Trinajstić information content (AvgIpc) is 2.97. The molecule has 3 aromatic rings. The molecule has 0 radical (unpaired) electrons. The van der Waals surface area contributed by atoms with Crippen molar-refractivity contribution >= 4 is 12.3 Å². The zero-order chi connectivity index (χ0) is 30.4. The third kappa shape index (κ3) is 16.8. The van der Waals surface area contributed by atoms with Crippen molar-refractivity contribution in [1.82, 2.24) is 0 Å². The summed E-state index contributed by atoms with van der Waals surface area (Å²) in [5, 5.41) is 0. The van der Waals surface area contributed by atoms with E-state index in [0.29, 0.717) is 11.5 Å². The molecule has 6 heteroatoms.